The molecule has 1 aromatic heterocycles. The van der Waals surface area contributed by atoms with E-state index >= 15 is 0 Å². The number of benzene rings is 1. The Morgan fingerprint density at radius 1 is 0.878 bits per heavy atom. The molecule has 3 heterocycles. The average molecular weight is 592 g/mol. The third kappa shape index (κ3) is 8.89. The molecule has 2 aliphatic heterocycles. The van der Waals surface area contributed by atoms with Crippen molar-refractivity contribution in [2.45, 2.75) is 31.2 Å². The van der Waals surface area contributed by atoms with Gasteiger partial charge in [-0.05, 0) is 44.7 Å². The molecule has 224 valence electrons. The number of aryl methyl sites for hydroxylation is 1. The molecular weight excluding hydrogens is 566 g/mol. The zero-order valence-electron chi connectivity index (χ0n) is 21.7. The van der Waals surface area contributed by atoms with E-state index in [2.05, 4.69) is 9.88 Å². The summed E-state index contributed by atoms with van der Waals surface area (Å²) in [4.78, 5) is 53.5. The van der Waals surface area contributed by atoms with E-state index in [1.165, 1.54) is 0 Å². The molecule has 10 nitrogen and oxygen atoms in total. The molecule has 2 N–H and O–H groups in total. The van der Waals surface area contributed by atoms with E-state index in [-0.39, 0.29) is 17.4 Å². The normalized spacial score (nSPS) is 19.2. The second kappa shape index (κ2) is 13.0. The van der Waals surface area contributed by atoms with Crippen LogP contribution < -0.4 is 4.90 Å². The van der Waals surface area contributed by atoms with Gasteiger partial charge in [0.1, 0.15) is 5.69 Å². The Morgan fingerprint density at radius 3 is 1.90 bits per heavy atom. The molecule has 1 spiro atoms. The molecule has 1 unspecified atom stereocenters. The van der Waals surface area contributed by atoms with Crippen LogP contribution in [0.15, 0.2) is 48.5 Å². The number of hydrogen-bond acceptors (Lipinski definition) is 6. The monoisotopic (exact) mass is 592 g/mol. The fourth-order valence-corrected chi connectivity index (χ4v) is 4.10. The lowest BCUT2D eigenvalue weighted by Gasteiger charge is -2.46. The van der Waals surface area contributed by atoms with E-state index in [9.17, 15) is 35.9 Å². The summed E-state index contributed by atoms with van der Waals surface area (Å²) in [5, 5.41) is 14.2. The van der Waals surface area contributed by atoms with Crippen LogP contribution in [-0.4, -0.2) is 99.9 Å². The van der Waals surface area contributed by atoms with Gasteiger partial charge in [0.2, 0.25) is 5.91 Å². The quantitative estimate of drug-likeness (QED) is 0.509. The number of alkyl halides is 6. The van der Waals surface area contributed by atoms with Gasteiger partial charge in [-0.3, -0.25) is 14.5 Å². The van der Waals surface area contributed by atoms with Crippen molar-refractivity contribution in [1.29, 1.82) is 0 Å². The van der Waals surface area contributed by atoms with Crippen molar-refractivity contribution >= 4 is 29.4 Å². The van der Waals surface area contributed by atoms with Gasteiger partial charge in [-0.25, -0.2) is 14.6 Å². The SMILES string of the molecule is Cc1cccc(C(=O)N2CCC3(C2)CN(c2ccccc2)C(=O)CN3C)n1.O=C(O)C(F)(F)F.O=C(O)C(F)(F)F. The number of aliphatic carboxylic acids is 2. The van der Waals surface area contributed by atoms with Crippen molar-refractivity contribution < 1.29 is 55.7 Å². The van der Waals surface area contributed by atoms with Gasteiger partial charge >= 0.3 is 24.3 Å². The van der Waals surface area contributed by atoms with E-state index in [0.29, 0.717) is 31.9 Å². The zero-order valence-corrected chi connectivity index (χ0v) is 21.7. The summed E-state index contributed by atoms with van der Waals surface area (Å²) in [5.74, 6) is -5.45. The fourth-order valence-electron chi connectivity index (χ4n) is 4.10. The Hall–Kier alpha value is -4.21. The lowest BCUT2D eigenvalue weighted by molar-refractivity contribution is -0.193. The number of nitrogens with zero attached hydrogens (tertiary/aromatic N) is 4. The summed E-state index contributed by atoms with van der Waals surface area (Å²) in [5.41, 5.74) is 2.02. The van der Waals surface area contributed by atoms with Crippen LogP contribution in [0.5, 0.6) is 0 Å². The van der Waals surface area contributed by atoms with Gasteiger partial charge in [0.15, 0.2) is 0 Å². The maximum Gasteiger partial charge on any atom is 0.490 e. The first-order valence-corrected chi connectivity index (χ1v) is 11.8. The van der Waals surface area contributed by atoms with Crippen molar-refractivity contribution in [3.05, 3.63) is 59.9 Å². The minimum Gasteiger partial charge on any atom is -0.475 e. The van der Waals surface area contributed by atoms with E-state index in [4.69, 9.17) is 19.8 Å². The van der Waals surface area contributed by atoms with Crippen molar-refractivity contribution in [1.82, 2.24) is 14.8 Å². The minimum absolute atomic E-state index is 0.0351. The Morgan fingerprint density at radius 2 is 1.41 bits per heavy atom. The van der Waals surface area contributed by atoms with Crippen LogP contribution in [0.1, 0.15) is 22.6 Å². The summed E-state index contributed by atoms with van der Waals surface area (Å²) < 4.78 is 63.5. The highest BCUT2D eigenvalue weighted by Crippen LogP contribution is 2.33. The molecule has 2 aromatic rings. The predicted octanol–water partition coefficient (Wildman–Crippen LogP) is 3.22. The second-order valence-corrected chi connectivity index (χ2v) is 9.14. The van der Waals surface area contributed by atoms with Crippen LogP contribution >= 0.6 is 0 Å². The fraction of sp³-hybridized carbons (Fsp3) is 0.400. The molecular formula is C25H26F6N4O6. The molecule has 2 aliphatic rings. The van der Waals surface area contributed by atoms with E-state index in [1.54, 1.807) is 6.07 Å². The molecule has 2 fully saturated rings. The topological polar surface area (TPSA) is 131 Å². The number of piperazine rings is 1. The van der Waals surface area contributed by atoms with Gasteiger partial charge in [0.05, 0.1) is 12.1 Å². The lowest BCUT2D eigenvalue weighted by atomic mass is 9.92. The van der Waals surface area contributed by atoms with Gasteiger partial charge in [0, 0.05) is 31.0 Å². The molecule has 1 atom stereocenters. The number of amides is 2. The number of carboxylic acid groups (broad SMARTS) is 2. The minimum atomic E-state index is -5.08. The summed E-state index contributed by atoms with van der Waals surface area (Å²) in [6.07, 6.45) is -9.32. The molecule has 0 bridgehead atoms. The first-order chi connectivity index (χ1) is 18.9. The maximum absolute atomic E-state index is 12.9. The summed E-state index contributed by atoms with van der Waals surface area (Å²) in [6, 6.07) is 15.3. The first-order valence-electron chi connectivity index (χ1n) is 11.8. The van der Waals surface area contributed by atoms with E-state index in [1.807, 2.05) is 66.2 Å². The zero-order chi connectivity index (χ0) is 31.2. The molecule has 0 saturated carbocycles. The van der Waals surface area contributed by atoms with Gasteiger partial charge in [-0.1, -0.05) is 24.3 Å². The first kappa shape index (κ1) is 33.0. The van der Waals surface area contributed by atoms with Crippen molar-refractivity contribution in [2.75, 3.05) is 38.1 Å². The molecule has 0 radical (unpaired) electrons. The number of aromatic nitrogens is 1. The third-order valence-electron chi connectivity index (χ3n) is 6.22. The summed E-state index contributed by atoms with van der Waals surface area (Å²) in [6.45, 7) is 4.13. The highest BCUT2D eigenvalue weighted by atomic mass is 19.4. The molecule has 4 rings (SSSR count). The largest absolute Gasteiger partial charge is 0.490 e. The predicted molar refractivity (Wildman–Crippen MR) is 131 cm³/mol. The van der Waals surface area contributed by atoms with Crippen molar-refractivity contribution in [3.63, 3.8) is 0 Å². The smallest absolute Gasteiger partial charge is 0.475 e. The number of para-hydroxylation sites is 1. The van der Waals surface area contributed by atoms with Gasteiger partial charge in [0.25, 0.3) is 5.91 Å². The second-order valence-electron chi connectivity index (χ2n) is 9.14. The van der Waals surface area contributed by atoms with Crippen LogP contribution in [0.25, 0.3) is 0 Å². The molecule has 0 aliphatic carbocycles. The highest BCUT2D eigenvalue weighted by molar-refractivity contribution is 5.96. The van der Waals surface area contributed by atoms with Crippen LogP contribution in [0.2, 0.25) is 0 Å². The number of pyridine rings is 1. The average Bonchev–Trinajstić information content (AvgIpc) is 3.31. The lowest BCUT2D eigenvalue weighted by Crippen LogP contribution is -2.64. The molecule has 2 amide bonds. The van der Waals surface area contributed by atoms with Crippen LogP contribution in [0, 0.1) is 6.92 Å². The number of halogens is 6. The molecule has 1 aromatic carbocycles. The van der Waals surface area contributed by atoms with E-state index in [0.717, 1.165) is 17.8 Å². The number of carbonyl (C=O) groups is 4. The van der Waals surface area contributed by atoms with Gasteiger partial charge in [-0.2, -0.15) is 26.3 Å². The Bertz CT molecular complexity index is 1230. The maximum atomic E-state index is 12.9. The Kier molecular flexibility index (Phi) is 10.4. The van der Waals surface area contributed by atoms with Gasteiger partial charge in [-0.15, -0.1) is 0 Å². The number of likely N-dealkylation sites (tertiary alicyclic amines) is 1. The Balaban J connectivity index is 0.000000349. The standard InChI is InChI=1S/C21H24N4O2.2C2HF3O2/c1-16-7-6-10-18(22-16)20(27)24-12-11-21(14-24)15-25(19(26)13-23(21)2)17-8-4-3-5-9-17;2*3-2(4,5)1(6)7/h3-10H,11-15H2,1-2H3;2*(H,6,7). The summed E-state index contributed by atoms with van der Waals surface area (Å²) in [7, 11) is 1.99. The van der Waals surface area contributed by atoms with E-state index < -0.39 is 24.3 Å². The number of rotatable bonds is 2. The van der Waals surface area contributed by atoms with Crippen LogP contribution in [0.4, 0.5) is 32.0 Å². The number of hydrogen-bond donors (Lipinski definition) is 2. The summed E-state index contributed by atoms with van der Waals surface area (Å²) >= 11 is 0. The van der Waals surface area contributed by atoms with Crippen molar-refractivity contribution in [3.8, 4) is 0 Å². The third-order valence-corrected chi connectivity index (χ3v) is 6.22. The van der Waals surface area contributed by atoms with Crippen LogP contribution in [-0.2, 0) is 14.4 Å². The van der Waals surface area contributed by atoms with Crippen molar-refractivity contribution in [2.24, 2.45) is 0 Å². The van der Waals surface area contributed by atoms with Gasteiger partial charge < -0.3 is 20.0 Å². The molecule has 41 heavy (non-hydrogen) atoms. The number of anilines is 1. The molecule has 16 heteroatoms. The molecule has 2 saturated heterocycles. The van der Waals surface area contributed by atoms with Crippen LogP contribution in [0.3, 0.4) is 0 Å². The number of carbonyl (C=O) groups excluding carboxylic acids is 2. The Labute approximate surface area is 229 Å². The highest BCUT2D eigenvalue weighted by Gasteiger charge is 2.49. The number of carboxylic acids is 2. The number of likely N-dealkylation sites (N-methyl/N-ethyl adjacent to an activating group) is 1.